The minimum absolute atomic E-state index is 0.123. The SMILES string of the molecule is COc1ccc(C(CC(=O)OC(C)(C)C)c2ccc(OC)cc2C=O)c(C)c1. The molecule has 0 spiro atoms. The lowest BCUT2D eigenvalue weighted by atomic mass is 9.83. The average molecular weight is 384 g/mol. The van der Waals surface area contributed by atoms with Crippen LogP contribution in [0.2, 0.25) is 0 Å². The minimum atomic E-state index is -0.579. The van der Waals surface area contributed by atoms with Gasteiger partial charge in [-0.3, -0.25) is 9.59 Å². The Kier molecular flexibility index (Phi) is 6.84. The third-order valence-electron chi connectivity index (χ3n) is 4.44. The maximum absolute atomic E-state index is 12.6. The standard InChI is InChI=1S/C23H28O5/c1-15-11-17(26-5)7-9-19(15)21(13-22(25)28-23(2,3)4)20-10-8-18(27-6)12-16(20)14-24/h7-12,14,21H,13H2,1-6H3. The maximum Gasteiger partial charge on any atom is 0.307 e. The zero-order chi connectivity index (χ0) is 20.9. The van der Waals surface area contributed by atoms with Crippen LogP contribution in [-0.4, -0.2) is 32.1 Å². The average Bonchev–Trinajstić information content (AvgIpc) is 2.64. The van der Waals surface area contributed by atoms with E-state index in [0.29, 0.717) is 11.3 Å². The summed E-state index contributed by atoms with van der Waals surface area (Å²) in [6.07, 6.45) is 0.913. The third-order valence-corrected chi connectivity index (χ3v) is 4.44. The Morgan fingerprint density at radius 1 is 1.00 bits per heavy atom. The zero-order valence-corrected chi connectivity index (χ0v) is 17.4. The number of hydrogen-bond donors (Lipinski definition) is 0. The Hall–Kier alpha value is -2.82. The topological polar surface area (TPSA) is 61.8 Å². The Bertz CT molecular complexity index is 849. The van der Waals surface area contributed by atoms with Gasteiger partial charge >= 0.3 is 5.97 Å². The first-order valence-electron chi connectivity index (χ1n) is 9.18. The van der Waals surface area contributed by atoms with E-state index in [-0.39, 0.29) is 18.3 Å². The first-order valence-corrected chi connectivity index (χ1v) is 9.18. The van der Waals surface area contributed by atoms with Crippen molar-refractivity contribution in [3.63, 3.8) is 0 Å². The molecule has 0 aliphatic heterocycles. The molecule has 2 aromatic rings. The highest BCUT2D eigenvalue weighted by molar-refractivity contribution is 5.80. The van der Waals surface area contributed by atoms with Crippen LogP contribution in [-0.2, 0) is 9.53 Å². The summed E-state index contributed by atoms with van der Waals surface area (Å²) in [4.78, 5) is 24.4. The van der Waals surface area contributed by atoms with Gasteiger partial charge < -0.3 is 14.2 Å². The molecule has 0 saturated carbocycles. The van der Waals surface area contributed by atoms with E-state index in [2.05, 4.69) is 0 Å². The molecule has 0 bridgehead atoms. The fourth-order valence-electron chi connectivity index (χ4n) is 3.20. The number of esters is 1. The molecule has 0 aromatic heterocycles. The van der Waals surface area contributed by atoms with Gasteiger partial charge in [-0.25, -0.2) is 0 Å². The smallest absolute Gasteiger partial charge is 0.307 e. The summed E-state index contributed by atoms with van der Waals surface area (Å²) >= 11 is 0. The van der Waals surface area contributed by atoms with E-state index < -0.39 is 5.60 Å². The summed E-state index contributed by atoms with van der Waals surface area (Å²) in [7, 11) is 3.16. The van der Waals surface area contributed by atoms with Crippen molar-refractivity contribution in [3.8, 4) is 11.5 Å². The molecule has 0 radical (unpaired) electrons. The Morgan fingerprint density at radius 3 is 2.07 bits per heavy atom. The summed E-state index contributed by atoms with van der Waals surface area (Å²) < 4.78 is 16.1. The molecule has 0 amide bonds. The van der Waals surface area contributed by atoms with Crippen molar-refractivity contribution in [2.75, 3.05) is 14.2 Å². The van der Waals surface area contributed by atoms with Gasteiger partial charge in [0.15, 0.2) is 0 Å². The first-order chi connectivity index (χ1) is 13.2. The number of ether oxygens (including phenoxy) is 3. The van der Waals surface area contributed by atoms with Crippen LogP contribution < -0.4 is 9.47 Å². The van der Waals surface area contributed by atoms with Gasteiger partial charge in [0.05, 0.1) is 20.6 Å². The second-order valence-corrected chi connectivity index (χ2v) is 7.68. The van der Waals surface area contributed by atoms with Crippen molar-refractivity contribution >= 4 is 12.3 Å². The van der Waals surface area contributed by atoms with Gasteiger partial charge in [0.1, 0.15) is 23.4 Å². The Labute approximate surface area is 166 Å². The molecule has 0 heterocycles. The van der Waals surface area contributed by atoms with Crippen LogP contribution in [0, 0.1) is 6.92 Å². The van der Waals surface area contributed by atoms with Crippen LogP contribution in [0.15, 0.2) is 36.4 Å². The van der Waals surface area contributed by atoms with Gasteiger partial charge in [-0.05, 0) is 68.7 Å². The third kappa shape index (κ3) is 5.35. The fourth-order valence-corrected chi connectivity index (χ4v) is 3.20. The number of hydrogen-bond acceptors (Lipinski definition) is 5. The quantitative estimate of drug-likeness (QED) is 0.512. The number of methoxy groups -OCH3 is 2. The Morgan fingerprint density at radius 2 is 1.57 bits per heavy atom. The van der Waals surface area contributed by atoms with Crippen molar-refractivity contribution in [3.05, 3.63) is 58.7 Å². The molecular formula is C23H28O5. The van der Waals surface area contributed by atoms with Gasteiger partial charge in [-0.1, -0.05) is 12.1 Å². The lowest BCUT2D eigenvalue weighted by Gasteiger charge is -2.25. The maximum atomic E-state index is 12.6. The number of benzene rings is 2. The van der Waals surface area contributed by atoms with Gasteiger partial charge in [0.2, 0.25) is 0 Å². The number of aryl methyl sites for hydroxylation is 1. The molecule has 2 rings (SSSR count). The molecule has 0 aliphatic rings. The van der Waals surface area contributed by atoms with E-state index in [9.17, 15) is 9.59 Å². The number of aldehydes is 1. The second-order valence-electron chi connectivity index (χ2n) is 7.68. The molecule has 5 nitrogen and oxygen atoms in total. The molecule has 28 heavy (non-hydrogen) atoms. The van der Waals surface area contributed by atoms with Crippen molar-refractivity contribution in [2.24, 2.45) is 0 Å². The van der Waals surface area contributed by atoms with Crippen LogP contribution in [0.4, 0.5) is 0 Å². The predicted octanol–water partition coefficient (Wildman–Crippen LogP) is 4.69. The van der Waals surface area contributed by atoms with Crippen molar-refractivity contribution in [1.29, 1.82) is 0 Å². The van der Waals surface area contributed by atoms with Gasteiger partial charge in [0, 0.05) is 11.5 Å². The molecular weight excluding hydrogens is 356 g/mol. The highest BCUT2D eigenvalue weighted by Crippen LogP contribution is 2.35. The lowest BCUT2D eigenvalue weighted by molar-refractivity contribution is -0.155. The molecule has 1 unspecified atom stereocenters. The summed E-state index contributed by atoms with van der Waals surface area (Å²) in [5.41, 5.74) is 2.59. The van der Waals surface area contributed by atoms with Crippen molar-refractivity contribution in [2.45, 2.75) is 45.6 Å². The molecule has 0 fully saturated rings. The van der Waals surface area contributed by atoms with Crippen LogP contribution in [0.5, 0.6) is 11.5 Å². The Balaban J connectivity index is 2.53. The molecule has 0 aliphatic carbocycles. The predicted molar refractivity (Wildman–Crippen MR) is 108 cm³/mol. The van der Waals surface area contributed by atoms with Gasteiger partial charge in [-0.15, -0.1) is 0 Å². The normalized spacial score (nSPS) is 12.2. The number of carbonyl (C=O) groups excluding carboxylic acids is 2. The summed E-state index contributed by atoms with van der Waals surface area (Å²) in [6.45, 7) is 7.47. The summed E-state index contributed by atoms with van der Waals surface area (Å²) in [5.74, 6) is 0.683. The summed E-state index contributed by atoms with van der Waals surface area (Å²) in [5, 5.41) is 0. The highest BCUT2D eigenvalue weighted by atomic mass is 16.6. The van der Waals surface area contributed by atoms with Crippen LogP contribution in [0.3, 0.4) is 0 Å². The van der Waals surface area contributed by atoms with E-state index in [1.807, 2.05) is 52.0 Å². The van der Waals surface area contributed by atoms with E-state index in [1.165, 1.54) is 0 Å². The summed E-state index contributed by atoms with van der Waals surface area (Å²) in [6, 6.07) is 11.0. The second kappa shape index (κ2) is 8.91. The van der Waals surface area contributed by atoms with E-state index in [0.717, 1.165) is 28.7 Å². The minimum Gasteiger partial charge on any atom is -0.497 e. The fraction of sp³-hybridized carbons (Fsp3) is 0.391. The van der Waals surface area contributed by atoms with Crippen LogP contribution in [0.25, 0.3) is 0 Å². The molecule has 5 heteroatoms. The number of rotatable bonds is 7. The molecule has 2 aromatic carbocycles. The molecule has 0 N–H and O–H groups in total. The monoisotopic (exact) mass is 384 g/mol. The highest BCUT2D eigenvalue weighted by Gasteiger charge is 2.26. The largest absolute Gasteiger partial charge is 0.497 e. The lowest BCUT2D eigenvalue weighted by Crippen LogP contribution is -2.25. The first kappa shape index (κ1) is 21.5. The van der Waals surface area contributed by atoms with Crippen molar-refractivity contribution < 1.29 is 23.8 Å². The van der Waals surface area contributed by atoms with E-state index in [4.69, 9.17) is 14.2 Å². The number of carbonyl (C=O) groups is 2. The van der Waals surface area contributed by atoms with Gasteiger partial charge in [0.25, 0.3) is 0 Å². The molecule has 0 saturated heterocycles. The molecule has 1 atom stereocenters. The van der Waals surface area contributed by atoms with Crippen molar-refractivity contribution in [1.82, 2.24) is 0 Å². The van der Waals surface area contributed by atoms with Crippen LogP contribution in [0.1, 0.15) is 60.2 Å². The van der Waals surface area contributed by atoms with E-state index >= 15 is 0 Å². The van der Waals surface area contributed by atoms with E-state index in [1.54, 1.807) is 26.4 Å². The zero-order valence-electron chi connectivity index (χ0n) is 17.4. The van der Waals surface area contributed by atoms with Gasteiger partial charge in [-0.2, -0.15) is 0 Å². The molecule has 150 valence electrons. The van der Waals surface area contributed by atoms with Crippen LogP contribution >= 0.6 is 0 Å².